The molecule has 18 heavy (non-hydrogen) atoms. The second-order valence-corrected chi connectivity index (χ2v) is 5.14. The predicted octanol–water partition coefficient (Wildman–Crippen LogP) is 0.911. The van der Waals surface area contributed by atoms with E-state index in [1.54, 1.807) is 6.92 Å². The number of aromatic nitrogens is 1. The first-order valence-corrected chi connectivity index (χ1v) is 6.52. The second kappa shape index (κ2) is 6.19. The summed E-state index contributed by atoms with van der Waals surface area (Å²) in [6.45, 7) is 1.22. The van der Waals surface area contributed by atoms with Crippen LogP contribution in [0.2, 0.25) is 0 Å². The van der Waals surface area contributed by atoms with Gasteiger partial charge in [-0.25, -0.2) is 0 Å². The maximum absolute atomic E-state index is 9.99. The zero-order chi connectivity index (χ0) is 13.9. The van der Waals surface area contributed by atoms with Crippen molar-refractivity contribution in [3.8, 4) is 5.75 Å². The fourth-order valence-electron chi connectivity index (χ4n) is 1.45. The van der Waals surface area contributed by atoms with Gasteiger partial charge in [0.1, 0.15) is 21.7 Å². The van der Waals surface area contributed by atoms with Crippen molar-refractivity contribution in [1.29, 1.82) is 5.41 Å². The average molecular weight is 289 g/mol. The Morgan fingerprint density at radius 3 is 2.72 bits per heavy atom. The molecule has 0 fully saturated rings. The van der Waals surface area contributed by atoms with Crippen molar-refractivity contribution in [2.24, 2.45) is 5.73 Å². The van der Waals surface area contributed by atoms with E-state index in [1.165, 1.54) is 0 Å². The monoisotopic (exact) mass is 289 g/mol. The standard InChI is InChI=1S/C10H15N3O3S2/c1-4-8(15)7(5(2-14)9(17)13-4)10(16)18-3-6(11)12/h10,14-16H,2-3H2,1H3,(H3,11,12)(H,13,17). The van der Waals surface area contributed by atoms with E-state index in [2.05, 4.69) is 4.98 Å². The number of nitrogens with two attached hydrogens (primary N) is 1. The van der Waals surface area contributed by atoms with E-state index in [9.17, 15) is 15.3 Å². The topological polar surface area (TPSA) is 126 Å². The van der Waals surface area contributed by atoms with Gasteiger partial charge in [-0.3, -0.25) is 5.41 Å². The number of hydrogen-bond acceptors (Lipinski definition) is 6. The van der Waals surface area contributed by atoms with Gasteiger partial charge in [-0.1, -0.05) is 12.2 Å². The number of aliphatic hydroxyl groups excluding tert-OH is 2. The third-order valence-corrected chi connectivity index (χ3v) is 3.69. The summed E-state index contributed by atoms with van der Waals surface area (Å²) in [5.41, 5.74) is 4.95. The summed E-state index contributed by atoms with van der Waals surface area (Å²) in [4.78, 5) is 2.74. The van der Waals surface area contributed by atoms with Crippen molar-refractivity contribution in [3.05, 3.63) is 21.5 Å². The highest BCUT2D eigenvalue weighted by Gasteiger charge is 2.20. The first-order chi connectivity index (χ1) is 8.38. The van der Waals surface area contributed by atoms with Gasteiger partial charge in [-0.05, 0) is 6.92 Å². The molecule has 6 nitrogen and oxygen atoms in total. The minimum atomic E-state index is -1.11. The normalized spacial score (nSPS) is 12.4. The molecular formula is C10H15N3O3S2. The number of hydrogen-bond donors (Lipinski definition) is 6. The summed E-state index contributed by atoms with van der Waals surface area (Å²) in [5.74, 6) is -0.103. The highest BCUT2D eigenvalue weighted by atomic mass is 32.2. The Balaban J connectivity index is 3.20. The second-order valence-electron chi connectivity index (χ2n) is 3.67. The first-order valence-electron chi connectivity index (χ1n) is 5.06. The summed E-state index contributed by atoms with van der Waals surface area (Å²) in [6, 6.07) is 0. The van der Waals surface area contributed by atoms with Crippen LogP contribution in [0.3, 0.4) is 0 Å². The van der Waals surface area contributed by atoms with Gasteiger partial charge >= 0.3 is 0 Å². The van der Waals surface area contributed by atoms with E-state index in [4.69, 9.17) is 23.4 Å². The Bertz CT molecular complexity index is 516. The van der Waals surface area contributed by atoms with Gasteiger partial charge in [0.2, 0.25) is 0 Å². The van der Waals surface area contributed by atoms with Crippen LogP contribution >= 0.6 is 24.0 Å². The van der Waals surface area contributed by atoms with Gasteiger partial charge in [-0.2, -0.15) is 0 Å². The van der Waals surface area contributed by atoms with E-state index < -0.39 is 12.0 Å². The summed E-state index contributed by atoms with van der Waals surface area (Å²) in [5, 5.41) is 36.3. The number of aromatic hydroxyl groups is 1. The van der Waals surface area contributed by atoms with Crippen LogP contribution in [0.5, 0.6) is 5.75 Å². The predicted molar refractivity (Wildman–Crippen MR) is 73.3 cm³/mol. The molecule has 0 aromatic carbocycles. The number of amidine groups is 1. The highest BCUT2D eigenvalue weighted by Crippen LogP contribution is 2.36. The molecule has 0 bridgehead atoms. The van der Waals surface area contributed by atoms with Crippen LogP contribution in [0.15, 0.2) is 0 Å². The van der Waals surface area contributed by atoms with E-state index >= 15 is 0 Å². The van der Waals surface area contributed by atoms with E-state index in [0.717, 1.165) is 11.8 Å². The lowest BCUT2D eigenvalue weighted by molar-refractivity contribution is 0.246. The molecule has 0 saturated carbocycles. The first kappa shape index (κ1) is 15.0. The maximum Gasteiger partial charge on any atom is 0.141 e. The van der Waals surface area contributed by atoms with Crippen LogP contribution in [-0.2, 0) is 6.61 Å². The molecule has 0 aliphatic heterocycles. The summed E-state index contributed by atoms with van der Waals surface area (Å²) in [6.07, 6.45) is 0. The molecule has 1 unspecified atom stereocenters. The van der Waals surface area contributed by atoms with Crippen molar-refractivity contribution in [2.45, 2.75) is 19.0 Å². The largest absolute Gasteiger partial charge is 0.506 e. The molecule has 100 valence electrons. The van der Waals surface area contributed by atoms with Crippen molar-refractivity contribution in [3.63, 3.8) is 0 Å². The number of aromatic amines is 1. The number of rotatable bonds is 5. The van der Waals surface area contributed by atoms with E-state index in [1.807, 2.05) is 0 Å². The number of aliphatic hydroxyl groups is 2. The van der Waals surface area contributed by atoms with Gasteiger partial charge in [0.05, 0.1) is 18.1 Å². The number of pyridine rings is 1. The molecule has 7 N–H and O–H groups in total. The van der Waals surface area contributed by atoms with Gasteiger partial charge < -0.3 is 26.0 Å². The number of H-pyrrole nitrogens is 1. The third-order valence-electron chi connectivity index (χ3n) is 2.31. The Labute approximate surface area is 113 Å². The maximum atomic E-state index is 9.99. The Morgan fingerprint density at radius 2 is 2.22 bits per heavy atom. The van der Waals surface area contributed by atoms with Gasteiger partial charge in [0.25, 0.3) is 0 Å². The fourth-order valence-corrected chi connectivity index (χ4v) is 2.53. The summed E-state index contributed by atoms with van der Waals surface area (Å²) in [7, 11) is 0. The number of nitrogens with one attached hydrogen (secondary N) is 2. The molecule has 0 saturated heterocycles. The number of aryl methyl sites for hydroxylation is 1. The van der Waals surface area contributed by atoms with Crippen molar-refractivity contribution in [2.75, 3.05) is 5.75 Å². The van der Waals surface area contributed by atoms with Crippen molar-refractivity contribution in [1.82, 2.24) is 4.98 Å². The molecule has 0 spiro atoms. The zero-order valence-electron chi connectivity index (χ0n) is 9.73. The molecule has 1 rings (SSSR count). The van der Waals surface area contributed by atoms with E-state index in [0.29, 0.717) is 5.69 Å². The van der Waals surface area contributed by atoms with Crippen LogP contribution in [-0.4, -0.2) is 31.9 Å². The average Bonchev–Trinajstić information content (AvgIpc) is 2.30. The van der Waals surface area contributed by atoms with Crippen LogP contribution in [0, 0.1) is 17.0 Å². The molecule has 1 aromatic rings. The lowest BCUT2D eigenvalue weighted by atomic mass is 10.1. The quantitative estimate of drug-likeness (QED) is 0.207. The summed E-state index contributed by atoms with van der Waals surface area (Å²) >= 11 is 6.00. The lowest BCUT2D eigenvalue weighted by Crippen LogP contribution is -2.14. The number of thioether (sulfide) groups is 1. The molecule has 0 aliphatic rings. The third kappa shape index (κ3) is 3.22. The zero-order valence-corrected chi connectivity index (χ0v) is 11.4. The Kier molecular flexibility index (Phi) is 5.15. The molecule has 0 amide bonds. The molecule has 0 aliphatic carbocycles. The minimum absolute atomic E-state index is 0.0816. The Morgan fingerprint density at radius 1 is 1.61 bits per heavy atom. The van der Waals surface area contributed by atoms with Gasteiger partial charge in [0, 0.05) is 11.1 Å². The lowest BCUT2D eigenvalue weighted by Gasteiger charge is -2.17. The molecule has 1 aromatic heterocycles. The SMILES string of the molecule is Cc1[nH]c(=S)c(CO)c(C(O)SCC(=N)N)c1O. The van der Waals surface area contributed by atoms with Gasteiger partial charge in [0.15, 0.2) is 0 Å². The van der Waals surface area contributed by atoms with E-state index in [-0.39, 0.29) is 33.1 Å². The van der Waals surface area contributed by atoms with Crippen molar-refractivity contribution < 1.29 is 15.3 Å². The summed E-state index contributed by atoms with van der Waals surface area (Å²) < 4.78 is 0.269. The highest BCUT2D eigenvalue weighted by molar-refractivity contribution is 8.00. The Hall–Kier alpha value is -1.09. The van der Waals surface area contributed by atoms with Crippen LogP contribution < -0.4 is 5.73 Å². The fraction of sp³-hybridized carbons (Fsp3) is 0.400. The van der Waals surface area contributed by atoms with Gasteiger partial charge in [-0.15, -0.1) is 11.8 Å². The molecule has 8 heteroatoms. The van der Waals surface area contributed by atoms with Crippen LogP contribution in [0.1, 0.15) is 22.3 Å². The minimum Gasteiger partial charge on any atom is -0.506 e. The molecule has 0 radical (unpaired) electrons. The smallest absolute Gasteiger partial charge is 0.141 e. The molecule has 1 atom stereocenters. The van der Waals surface area contributed by atoms with Crippen LogP contribution in [0.4, 0.5) is 0 Å². The van der Waals surface area contributed by atoms with Crippen molar-refractivity contribution >= 4 is 29.8 Å². The molecule has 1 heterocycles. The molecular weight excluding hydrogens is 274 g/mol. The van der Waals surface area contributed by atoms with Crippen LogP contribution in [0.25, 0.3) is 0 Å².